The van der Waals surface area contributed by atoms with E-state index in [2.05, 4.69) is 63.8 Å². The maximum atomic E-state index is 14.3. The molecule has 16 N–H and O–H groups in total. The van der Waals surface area contributed by atoms with E-state index in [0.29, 0.717) is 37.8 Å². The van der Waals surface area contributed by atoms with Gasteiger partial charge in [-0.05, 0) is 96.1 Å². The lowest BCUT2D eigenvalue weighted by atomic mass is 10.0. The van der Waals surface area contributed by atoms with Gasteiger partial charge in [0.2, 0.25) is 82.7 Å². The van der Waals surface area contributed by atoms with Crippen LogP contribution in [0.5, 0.6) is 0 Å². The number of benzene rings is 1. The molecule has 97 heavy (non-hydrogen) atoms. The number of aliphatic hydroxyl groups is 1. The van der Waals surface area contributed by atoms with Gasteiger partial charge in [0.15, 0.2) is 0 Å². The number of carbonyl (C=O) groups excluding carboxylic acids is 14. The number of likely N-dealkylation sites (tertiary alicyclic amines) is 3. The van der Waals surface area contributed by atoms with Gasteiger partial charge in [0, 0.05) is 32.5 Å². The van der Waals surface area contributed by atoms with Gasteiger partial charge in [-0.15, -0.1) is 0 Å². The lowest BCUT2D eigenvalue weighted by molar-refractivity contribution is -0.148. The zero-order valence-electron chi connectivity index (χ0n) is 54.4. The van der Waals surface area contributed by atoms with Crippen molar-refractivity contribution < 1.29 is 102 Å². The second-order valence-corrected chi connectivity index (χ2v) is 24.5. The zero-order chi connectivity index (χ0) is 71.6. The van der Waals surface area contributed by atoms with Crippen molar-refractivity contribution in [1.82, 2.24) is 78.5 Å². The first kappa shape index (κ1) is 77.8. The van der Waals surface area contributed by atoms with Gasteiger partial charge in [0.1, 0.15) is 67.0 Å². The summed E-state index contributed by atoms with van der Waals surface area (Å²) in [6, 6.07) is -5.20. The Bertz CT molecular complexity index is 3080. The third kappa shape index (κ3) is 24.4. The summed E-state index contributed by atoms with van der Waals surface area (Å²) in [7, 11) is 0. The van der Waals surface area contributed by atoms with Gasteiger partial charge >= 0.3 is 17.9 Å². The highest BCUT2D eigenvalue weighted by Gasteiger charge is 2.45. The molecule has 4 saturated heterocycles. The fourth-order valence-electron chi connectivity index (χ4n) is 11.5. The Morgan fingerprint density at radius 1 is 0.474 bits per heavy atom. The maximum absolute atomic E-state index is 14.3. The zero-order valence-corrected chi connectivity index (χ0v) is 54.4. The van der Waals surface area contributed by atoms with Gasteiger partial charge in [-0.25, -0.2) is 0 Å². The molecule has 534 valence electrons. The molecule has 4 aliphatic rings. The Morgan fingerprint density at radius 3 is 1.60 bits per heavy atom. The average Bonchev–Trinajstić information content (AvgIpc) is 1.70. The minimum atomic E-state index is -1.95. The van der Waals surface area contributed by atoms with Crippen molar-refractivity contribution in [3.8, 4) is 0 Å². The van der Waals surface area contributed by atoms with Crippen LogP contribution >= 0.6 is 0 Å². The van der Waals surface area contributed by atoms with Crippen LogP contribution in [0.3, 0.4) is 0 Å². The van der Waals surface area contributed by atoms with E-state index in [4.69, 9.17) is 5.11 Å². The van der Waals surface area contributed by atoms with E-state index in [-0.39, 0.29) is 63.6 Å². The molecule has 1 aromatic rings. The number of carbonyl (C=O) groups is 17. The molecule has 0 aliphatic carbocycles. The highest BCUT2D eigenvalue weighted by Crippen LogP contribution is 2.27. The molecule has 4 aliphatic heterocycles. The monoisotopic (exact) mass is 1370 g/mol. The first-order valence-electron chi connectivity index (χ1n) is 32.1. The first-order valence-corrected chi connectivity index (χ1v) is 32.1. The van der Waals surface area contributed by atoms with E-state index in [9.17, 15) is 96.8 Å². The molecule has 36 nitrogen and oxygen atoms in total. The van der Waals surface area contributed by atoms with Crippen LogP contribution in [0.15, 0.2) is 30.3 Å². The standard InChI is InChI=1S/C61H89N15O21/c1-32(2)24-39(72-52(88)34(4)68-55(91)36-14-8-20-62-36)59(95)74-21-10-16-43(74)58(94)70-37(18-19-48(81)82)56(92)71-38(26-49(83)84)53(89)64-27-45(78)63-28-47(80)69-41(31-77)54(90)65-29-46(79)67-33(3)51(87)73-40(25-35-12-6-5-7-13-35)60(96)76-23-11-17-44(76)61(97)75-22-9-15-42(75)57(93)66-30-50(85)86/h5-7,12-13,32-34,36-44,62,77H,8-11,14-31H2,1-4H3,(H,63,78)(H,64,89)(H,65,90)(H,66,93)(H,67,79)(H,68,91)(H,69,80)(H,70,94)(H,71,92)(H,72,88)(H,73,87)(H,81,82)(H,83,84)(H,85,86)/t33-,34-,36-,37-,38-,39-,40-,41-,42-,43-,44-/m0/s1. The van der Waals surface area contributed by atoms with Crippen LogP contribution in [0.25, 0.3) is 0 Å². The van der Waals surface area contributed by atoms with Gasteiger partial charge < -0.3 is 98.9 Å². The summed E-state index contributed by atoms with van der Waals surface area (Å²) in [6.07, 6.45) is 0.897. The van der Waals surface area contributed by atoms with Gasteiger partial charge in [-0.2, -0.15) is 0 Å². The third-order valence-corrected chi connectivity index (χ3v) is 16.4. The Labute approximate surface area is 557 Å². The van der Waals surface area contributed by atoms with E-state index in [1.165, 1.54) is 28.5 Å². The number of amides is 14. The van der Waals surface area contributed by atoms with E-state index in [1.54, 1.807) is 44.2 Å². The van der Waals surface area contributed by atoms with Crippen molar-refractivity contribution in [2.45, 2.75) is 178 Å². The molecule has 0 unspecified atom stereocenters. The van der Waals surface area contributed by atoms with Crippen LogP contribution in [0.2, 0.25) is 0 Å². The van der Waals surface area contributed by atoms with E-state index in [0.717, 1.165) is 6.42 Å². The minimum Gasteiger partial charge on any atom is -0.481 e. The van der Waals surface area contributed by atoms with Crippen LogP contribution in [0, 0.1) is 5.92 Å². The van der Waals surface area contributed by atoms with Crippen LogP contribution in [0.4, 0.5) is 0 Å². The van der Waals surface area contributed by atoms with Crippen LogP contribution in [0.1, 0.15) is 110 Å². The number of carboxylic acid groups (broad SMARTS) is 3. The number of carboxylic acids is 3. The normalized spacial score (nSPS) is 19.4. The molecule has 0 bridgehead atoms. The molecular weight excluding hydrogens is 1280 g/mol. The predicted molar refractivity (Wildman–Crippen MR) is 336 cm³/mol. The van der Waals surface area contributed by atoms with Gasteiger partial charge in [-0.3, -0.25) is 81.5 Å². The fourth-order valence-corrected chi connectivity index (χ4v) is 11.5. The highest BCUT2D eigenvalue weighted by atomic mass is 16.4. The number of hydrogen-bond donors (Lipinski definition) is 16. The van der Waals surface area contributed by atoms with Crippen LogP contribution in [-0.4, -0.2) is 261 Å². The summed E-state index contributed by atoms with van der Waals surface area (Å²) in [6.45, 7) is 3.09. The summed E-state index contributed by atoms with van der Waals surface area (Å²) in [5, 5.41) is 66.9. The number of nitrogens with zero attached hydrogens (tertiary/aromatic N) is 3. The first-order chi connectivity index (χ1) is 46.0. The average molecular weight is 1370 g/mol. The van der Waals surface area contributed by atoms with Crippen molar-refractivity contribution >= 4 is 101 Å². The summed E-state index contributed by atoms with van der Waals surface area (Å²) >= 11 is 0. The lowest BCUT2D eigenvalue weighted by Crippen LogP contribution is -2.59. The number of nitrogens with one attached hydrogen (secondary N) is 12. The third-order valence-electron chi connectivity index (χ3n) is 16.4. The molecule has 14 amide bonds. The van der Waals surface area contributed by atoms with Crippen LogP contribution < -0.4 is 63.8 Å². The summed E-state index contributed by atoms with van der Waals surface area (Å²) in [4.78, 5) is 226. The molecule has 4 heterocycles. The van der Waals surface area contributed by atoms with Gasteiger partial charge in [0.25, 0.3) is 0 Å². The summed E-state index contributed by atoms with van der Waals surface area (Å²) in [5.41, 5.74) is 0.633. The number of hydrogen-bond acceptors (Lipinski definition) is 19. The fraction of sp³-hybridized carbons (Fsp3) is 0.623. The Hall–Kier alpha value is -9.87. The molecule has 1 aromatic carbocycles. The van der Waals surface area contributed by atoms with Gasteiger partial charge in [0.05, 0.1) is 38.7 Å². The van der Waals surface area contributed by atoms with Crippen molar-refractivity contribution in [2.75, 3.05) is 59.0 Å². The van der Waals surface area contributed by atoms with Crippen LogP contribution in [-0.2, 0) is 87.9 Å². The smallest absolute Gasteiger partial charge is 0.322 e. The summed E-state index contributed by atoms with van der Waals surface area (Å²) < 4.78 is 0. The predicted octanol–water partition coefficient (Wildman–Crippen LogP) is -6.69. The number of aliphatic carboxylic acids is 3. The molecule has 5 rings (SSSR count). The molecule has 0 saturated carbocycles. The quantitative estimate of drug-likeness (QED) is 0.0297. The number of aliphatic hydroxyl groups excluding tert-OH is 1. The van der Waals surface area contributed by atoms with Crippen molar-refractivity contribution in [1.29, 1.82) is 0 Å². The maximum Gasteiger partial charge on any atom is 0.322 e. The SMILES string of the molecule is CC(C)C[C@H](NC(=O)[C@H](C)NC(=O)[C@@H]1CCCN1)C(=O)N1CCC[C@H]1C(=O)N[C@@H](CCC(=O)O)C(=O)N[C@@H](CC(=O)O)C(=O)NCC(=O)NCC(=O)N[C@@H](CO)C(=O)NCC(=O)N[C@@H](C)C(=O)N[C@@H](Cc1ccccc1)C(=O)N1CCC[C@H]1C(=O)N1CCC[C@H]1C(=O)NCC(=O)O. The Morgan fingerprint density at radius 2 is 1.01 bits per heavy atom. The van der Waals surface area contributed by atoms with E-state index >= 15 is 0 Å². The van der Waals surface area contributed by atoms with Crippen molar-refractivity contribution in [3.05, 3.63) is 35.9 Å². The molecule has 0 radical (unpaired) electrons. The second-order valence-electron chi connectivity index (χ2n) is 24.5. The van der Waals surface area contributed by atoms with E-state index in [1.807, 2.05) is 0 Å². The summed E-state index contributed by atoms with van der Waals surface area (Å²) in [5.74, 6) is -16.3. The lowest BCUT2D eigenvalue weighted by Gasteiger charge is -2.33. The second kappa shape index (κ2) is 38.0. The van der Waals surface area contributed by atoms with Crippen molar-refractivity contribution in [3.63, 3.8) is 0 Å². The number of rotatable bonds is 36. The Kier molecular flexibility index (Phi) is 30.5. The van der Waals surface area contributed by atoms with Crippen molar-refractivity contribution in [2.24, 2.45) is 5.92 Å². The largest absolute Gasteiger partial charge is 0.481 e. The molecular formula is C61H89N15O21. The minimum absolute atomic E-state index is 0.0369. The molecule has 36 heteroatoms. The molecule has 0 spiro atoms. The highest BCUT2D eigenvalue weighted by molar-refractivity contribution is 6.00. The molecule has 4 fully saturated rings. The Balaban J connectivity index is 1.09. The van der Waals surface area contributed by atoms with E-state index < -0.39 is 213 Å². The molecule has 11 atom stereocenters. The topological polar surface area (TPSA) is 525 Å². The van der Waals surface area contributed by atoms with Gasteiger partial charge in [-0.1, -0.05) is 44.2 Å². The molecule has 0 aromatic heterocycles.